The molecule has 3 aromatic rings. The molecule has 1 heterocycles. The van der Waals surface area contributed by atoms with Gasteiger partial charge in [-0.05, 0) is 56.2 Å². The van der Waals surface area contributed by atoms with Crippen LogP contribution in [0.2, 0.25) is 0 Å². The molecule has 1 amide bonds. The van der Waals surface area contributed by atoms with Gasteiger partial charge in [-0.2, -0.15) is 4.98 Å². The van der Waals surface area contributed by atoms with Gasteiger partial charge in [-0.1, -0.05) is 17.3 Å². The molecule has 0 unspecified atom stereocenters. The Morgan fingerprint density at radius 1 is 1.15 bits per heavy atom. The van der Waals surface area contributed by atoms with E-state index in [0.717, 1.165) is 25.1 Å². The van der Waals surface area contributed by atoms with E-state index in [1.807, 2.05) is 6.07 Å². The van der Waals surface area contributed by atoms with Crippen molar-refractivity contribution in [1.29, 1.82) is 0 Å². The second kappa shape index (κ2) is 12.9. The van der Waals surface area contributed by atoms with Crippen LogP contribution in [0.4, 0.5) is 5.69 Å². The molecule has 0 saturated carbocycles. The van der Waals surface area contributed by atoms with Crippen LogP contribution in [-0.4, -0.2) is 55.7 Å². The van der Waals surface area contributed by atoms with Crippen LogP contribution in [0.3, 0.4) is 0 Å². The number of benzene rings is 2. The van der Waals surface area contributed by atoms with Gasteiger partial charge in [0.1, 0.15) is 0 Å². The highest BCUT2D eigenvalue weighted by atomic mass is 32.2. The molecule has 0 bridgehead atoms. The van der Waals surface area contributed by atoms with Crippen molar-refractivity contribution in [2.24, 2.45) is 0 Å². The van der Waals surface area contributed by atoms with Gasteiger partial charge < -0.3 is 24.2 Å². The highest BCUT2D eigenvalue weighted by molar-refractivity contribution is 7.99. The van der Waals surface area contributed by atoms with E-state index < -0.39 is 0 Å². The molecule has 34 heavy (non-hydrogen) atoms. The molecular weight excluding hydrogens is 452 g/mol. The summed E-state index contributed by atoms with van der Waals surface area (Å²) in [4.78, 5) is 18.9. The number of hydrogen-bond acceptors (Lipinski definition) is 8. The number of nitrogens with zero attached hydrogens (tertiary/aromatic N) is 3. The van der Waals surface area contributed by atoms with Gasteiger partial charge in [-0.3, -0.25) is 4.79 Å². The number of carbonyl (C=O) groups is 1. The molecule has 8 nitrogen and oxygen atoms in total. The van der Waals surface area contributed by atoms with Crippen molar-refractivity contribution in [3.63, 3.8) is 0 Å². The molecule has 0 aliphatic rings. The number of hydrogen-bond donors (Lipinski definition) is 1. The third-order valence-corrected chi connectivity index (χ3v) is 6.16. The van der Waals surface area contributed by atoms with E-state index in [9.17, 15) is 4.79 Å². The van der Waals surface area contributed by atoms with Crippen LogP contribution in [0.15, 0.2) is 47.0 Å². The summed E-state index contributed by atoms with van der Waals surface area (Å²) in [6.07, 6.45) is 0.885. The van der Waals surface area contributed by atoms with Gasteiger partial charge in [-0.15, -0.1) is 11.8 Å². The Kier molecular flexibility index (Phi) is 9.63. The zero-order chi connectivity index (χ0) is 24.3. The fourth-order valence-electron chi connectivity index (χ4n) is 3.48. The predicted octanol–water partition coefficient (Wildman–Crippen LogP) is 4.33. The lowest BCUT2D eigenvalue weighted by atomic mass is 10.2. The molecule has 9 heteroatoms. The van der Waals surface area contributed by atoms with Crippen molar-refractivity contribution in [3.8, 4) is 22.9 Å². The maximum absolute atomic E-state index is 12.2. The van der Waals surface area contributed by atoms with Crippen molar-refractivity contribution in [2.75, 3.05) is 44.5 Å². The first-order chi connectivity index (χ1) is 16.5. The highest BCUT2D eigenvalue weighted by Crippen LogP contribution is 2.31. The molecule has 0 aliphatic carbocycles. The van der Waals surface area contributed by atoms with Crippen LogP contribution in [0.5, 0.6) is 11.5 Å². The Morgan fingerprint density at radius 3 is 2.71 bits per heavy atom. The lowest BCUT2D eigenvalue weighted by molar-refractivity contribution is -0.118. The molecule has 0 saturated heterocycles. The summed E-state index contributed by atoms with van der Waals surface area (Å²) in [6.45, 7) is 6.72. The fourth-order valence-corrected chi connectivity index (χ4v) is 4.16. The minimum Gasteiger partial charge on any atom is -0.493 e. The maximum Gasteiger partial charge on any atom is 0.236 e. The molecule has 3 rings (SSSR count). The average molecular weight is 485 g/mol. The second-order valence-corrected chi connectivity index (χ2v) is 8.68. The SMILES string of the molecule is CCN(CCCNC(=O)CSCc1nc(-c2ccc(OC)c(OC)c2)no1)c1cccc(C)c1. The zero-order valence-corrected chi connectivity index (χ0v) is 21.0. The van der Waals surface area contributed by atoms with Gasteiger partial charge in [0.05, 0.1) is 25.7 Å². The summed E-state index contributed by atoms with van der Waals surface area (Å²) in [7, 11) is 3.16. The highest BCUT2D eigenvalue weighted by Gasteiger charge is 2.13. The van der Waals surface area contributed by atoms with Gasteiger partial charge in [0, 0.05) is 30.9 Å². The van der Waals surface area contributed by atoms with E-state index in [2.05, 4.69) is 58.5 Å². The Labute approximate surface area is 205 Å². The number of rotatable bonds is 13. The summed E-state index contributed by atoms with van der Waals surface area (Å²) >= 11 is 1.44. The minimum atomic E-state index is 0.00299. The van der Waals surface area contributed by atoms with Crippen LogP contribution in [0, 0.1) is 6.92 Å². The molecule has 0 fully saturated rings. The summed E-state index contributed by atoms with van der Waals surface area (Å²) in [5.74, 6) is 2.97. The van der Waals surface area contributed by atoms with Crippen LogP contribution < -0.4 is 19.7 Å². The molecule has 182 valence electrons. The average Bonchev–Trinajstić information content (AvgIpc) is 3.32. The monoisotopic (exact) mass is 484 g/mol. The van der Waals surface area contributed by atoms with Crippen LogP contribution in [0.25, 0.3) is 11.4 Å². The molecule has 0 radical (unpaired) electrons. The number of nitrogens with one attached hydrogen (secondary N) is 1. The van der Waals surface area contributed by atoms with Gasteiger partial charge in [-0.25, -0.2) is 0 Å². The number of aromatic nitrogens is 2. The Balaban J connectivity index is 1.38. The third-order valence-electron chi connectivity index (χ3n) is 5.24. The van der Waals surface area contributed by atoms with E-state index in [4.69, 9.17) is 14.0 Å². The maximum atomic E-state index is 12.2. The van der Waals surface area contributed by atoms with E-state index in [-0.39, 0.29) is 5.91 Å². The normalized spacial score (nSPS) is 10.7. The third kappa shape index (κ3) is 7.15. The van der Waals surface area contributed by atoms with Crippen molar-refractivity contribution in [2.45, 2.75) is 26.0 Å². The zero-order valence-electron chi connectivity index (χ0n) is 20.2. The van der Waals surface area contributed by atoms with Gasteiger partial charge in [0.15, 0.2) is 11.5 Å². The molecular formula is C25H32N4O4S. The Hall–Kier alpha value is -3.20. The molecule has 1 aromatic heterocycles. The molecule has 0 spiro atoms. The first kappa shape index (κ1) is 25.4. The van der Waals surface area contributed by atoms with Gasteiger partial charge in [0.2, 0.25) is 17.6 Å². The molecule has 2 aromatic carbocycles. The molecule has 1 N–H and O–H groups in total. The van der Waals surface area contributed by atoms with E-state index >= 15 is 0 Å². The summed E-state index contributed by atoms with van der Waals surface area (Å²) in [5.41, 5.74) is 3.23. The van der Waals surface area contributed by atoms with Crippen molar-refractivity contribution in [1.82, 2.24) is 15.5 Å². The lowest BCUT2D eigenvalue weighted by Gasteiger charge is -2.23. The Bertz CT molecular complexity index is 1070. The van der Waals surface area contributed by atoms with Crippen molar-refractivity contribution in [3.05, 3.63) is 53.9 Å². The molecule has 0 atom stereocenters. The number of methoxy groups -OCH3 is 2. The Morgan fingerprint density at radius 2 is 1.97 bits per heavy atom. The summed E-state index contributed by atoms with van der Waals surface area (Å²) < 4.78 is 15.9. The fraction of sp³-hybridized carbons (Fsp3) is 0.400. The number of aryl methyl sites for hydroxylation is 1. The first-order valence-corrected chi connectivity index (χ1v) is 12.4. The second-order valence-electron chi connectivity index (χ2n) is 7.70. The quantitative estimate of drug-likeness (QED) is 0.359. The summed E-state index contributed by atoms with van der Waals surface area (Å²) in [5, 5.41) is 7.02. The van der Waals surface area contributed by atoms with Gasteiger partial charge in [0.25, 0.3) is 0 Å². The van der Waals surface area contributed by atoms with Crippen molar-refractivity contribution >= 4 is 23.4 Å². The van der Waals surface area contributed by atoms with Crippen LogP contribution >= 0.6 is 11.8 Å². The topological polar surface area (TPSA) is 89.7 Å². The standard InChI is InChI=1S/C25H32N4O4S/c1-5-29(20-9-6-8-18(2)14-20)13-7-12-26-23(30)16-34-17-24-27-25(28-33-24)19-10-11-21(31-3)22(15-19)32-4/h6,8-11,14-15H,5,7,12-13,16-17H2,1-4H3,(H,26,30). The lowest BCUT2D eigenvalue weighted by Crippen LogP contribution is -2.30. The van der Waals surface area contributed by atoms with Crippen LogP contribution in [0.1, 0.15) is 24.8 Å². The number of ether oxygens (including phenoxy) is 2. The minimum absolute atomic E-state index is 0.00299. The van der Waals surface area contributed by atoms with Gasteiger partial charge >= 0.3 is 0 Å². The van der Waals surface area contributed by atoms with E-state index in [0.29, 0.717) is 41.3 Å². The summed E-state index contributed by atoms with van der Waals surface area (Å²) in [6, 6.07) is 13.9. The number of carbonyl (C=O) groups excluding carboxylic acids is 1. The predicted molar refractivity (Wildman–Crippen MR) is 136 cm³/mol. The number of amides is 1. The smallest absolute Gasteiger partial charge is 0.236 e. The van der Waals surface area contributed by atoms with E-state index in [1.54, 1.807) is 26.4 Å². The first-order valence-electron chi connectivity index (χ1n) is 11.2. The van der Waals surface area contributed by atoms with Crippen LogP contribution in [-0.2, 0) is 10.5 Å². The number of anilines is 1. The number of thioether (sulfide) groups is 1. The van der Waals surface area contributed by atoms with Crippen molar-refractivity contribution < 1.29 is 18.8 Å². The van der Waals surface area contributed by atoms with E-state index in [1.165, 1.54) is 23.0 Å². The molecule has 0 aliphatic heterocycles. The largest absolute Gasteiger partial charge is 0.493 e.